The predicted octanol–water partition coefficient (Wildman–Crippen LogP) is 3.26. The van der Waals surface area contributed by atoms with E-state index < -0.39 is 10.0 Å². The number of nitrogens with two attached hydrogens (primary N) is 1. The first-order valence-corrected chi connectivity index (χ1v) is 10.1. The average Bonchev–Trinajstić information content (AvgIpc) is 3.01. The second-order valence-electron chi connectivity index (χ2n) is 4.91. The molecule has 0 aliphatic carbocycles. The van der Waals surface area contributed by atoms with Gasteiger partial charge in [0.25, 0.3) is 10.0 Å². The summed E-state index contributed by atoms with van der Waals surface area (Å²) in [4.78, 5) is 0.142. The van der Waals surface area contributed by atoms with Crippen LogP contribution in [0.3, 0.4) is 0 Å². The van der Waals surface area contributed by atoms with Gasteiger partial charge in [-0.25, -0.2) is 8.42 Å². The third-order valence-electron chi connectivity index (χ3n) is 3.08. The minimum Gasteiger partial charge on any atom is -0.486 e. The third kappa shape index (κ3) is 4.68. The van der Waals surface area contributed by atoms with Crippen LogP contribution in [0.15, 0.2) is 57.9 Å². The van der Waals surface area contributed by atoms with Gasteiger partial charge in [0.15, 0.2) is 5.01 Å². The Bertz CT molecular complexity index is 957. The lowest BCUT2D eigenvalue weighted by Crippen LogP contribution is -2.12. The number of sulfonamides is 1. The normalized spacial score (nSPS) is 11.2. The van der Waals surface area contributed by atoms with E-state index >= 15 is 0 Å². The Labute approximate surface area is 157 Å². The maximum atomic E-state index is 12.4. The van der Waals surface area contributed by atoms with Gasteiger partial charge in [-0.1, -0.05) is 27.3 Å². The van der Waals surface area contributed by atoms with Crippen LogP contribution in [0.25, 0.3) is 0 Å². The summed E-state index contributed by atoms with van der Waals surface area (Å²) in [5, 5.41) is 8.56. The van der Waals surface area contributed by atoms with Crippen LogP contribution in [0.2, 0.25) is 0 Å². The van der Waals surface area contributed by atoms with Gasteiger partial charge in [0.2, 0.25) is 5.13 Å². The highest BCUT2D eigenvalue weighted by atomic mass is 79.9. The van der Waals surface area contributed by atoms with Crippen molar-refractivity contribution in [2.45, 2.75) is 11.5 Å². The van der Waals surface area contributed by atoms with Gasteiger partial charge in [0.1, 0.15) is 12.4 Å². The fraction of sp³-hybridized carbons (Fsp3) is 0.0667. The van der Waals surface area contributed by atoms with Crippen molar-refractivity contribution in [1.29, 1.82) is 0 Å². The van der Waals surface area contributed by atoms with Gasteiger partial charge in [0, 0.05) is 10.2 Å². The van der Waals surface area contributed by atoms with Crippen LogP contribution in [0.4, 0.5) is 10.8 Å². The Morgan fingerprint density at radius 3 is 2.36 bits per heavy atom. The highest BCUT2D eigenvalue weighted by Crippen LogP contribution is 2.22. The van der Waals surface area contributed by atoms with E-state index in [4.69, 9.17) is 10.5 Å². The summed E-state index contributed by atoms with van der Waals surface area (Å²) in [5.74, 6) is 0.524. The number of nitrogen functional groups attached to an aromatic ring is 1. The van der Waals surface area contributed by atoms with Crippen LogP contribution < -0.4 is 15.2 Å². The molecule has 0 saturated heterocycles. The highest BCUT2D eigenvalue weighted by molar-refractivity contribution is 9.10. The van der Waals surface area contributed by atoms with Crippen molar-refractivity contribution in [3.05, 3.63) is 58.0 Å². The Morgan fingerprint density at radius 1 is 1.08 bits per heavy atom. The molecule has 130 valence electrons. The number of anilines is 2. The van der Waals surface area contributed by atoms with Crippen LogP contribution in [0, 0.1) is 0 Å². The Hall–Kier alpha value is -2.17. The zero-order chi connectivity index (χ0) is 17.9. The number of aromatic nitrogens is 2. The van der Waals surface area contributed by atoms with Crippen molar-refractivity contribution in [3.63, 3.8) is 0 Å². The summed E-state index contributed by atoms with van der Waals surface area (Å²) >= 11 is 4.54. The molecule has 7 nitrogen and oxygen atoms in total. The molecule has 0 unspecified atom stereocenters. The first kappa shape index (κ1) is 17.6. The fourth-order valence-electron chi connectivity index (χ4n) is 1.92. The molecule has 0 radical (unpaired) electrons. The second-order valence-corrected chi connectivity index (χ2v) is 8.60. The van der Waals surface area contributed by atoms with E-state index in [1.165, 1.54) is 23.5 Å². The molecule has 0 saturated carbocycles. The van der Waals surface area contributed by atoms with E-state index in [0.717, 1.165) is 4.47 Å². The molecule has 1 heterocycles. The zero-order valence-electron chi connectivity index (χ0n) is 12.7. The summed E-state index contributed by atoms with van der Waals surface area (Å²) in [6.07, 6.45) is 0. The van der Waals surface area contributed by atoms with E-state index in [9.17, 15) is 8.42 Å². The van der Waals surface area contributed by atoms with E-state index in [1.807, 2.05) is 0 Å². The minimum atomic E-state index is -3.66. The summed E-state index contributed by atoms with van der Waals surface area (Å²) < 4.78 is 33.7. The summed E-state index contributed by atoms with van der Waals surface area (Å²) in [6, 6.07) is 13.0. The SMILES string of the molecule is Nc1nnc(COc2ccc(S(=O)(=O)Nc3ccc(Br)cc3)cc2)s1. The van der Waals surface area contributed by atoms with Crippen LogP contribution in [0.5, 0.6) is 5.75 Å². The molecule has 2 aromatic carbocycles. The number of rotatable bonds is 6. The van der Waals surface area contributed by atoms with Gasteiger partial charge in [-0.2, -0.15) is 0 Å². The lowest BCUT2D eigenvalue weighted by molar-refractivity contribution is 0.304. The van der Waals surface area contributed by atoms with Crippen molar-refractivity contribution in [2.24, 2.45) is 0 Å². The molecular formula is C15H13BrN4O3S2. The first-order chi connectivity index (χ1) is 11.9. The highest BCUT2D eigenvalue weighted by Gasteiger charge is 2.14. The molecule has 0 spiro atoms. The van der Waals surface area contributed by atoms with Gasteiger partial charge in [-0.05, 0) is 48.5 Å². The maximum absolute atomic E-state index is 12.4. The molecule has 3 rings (SSSR count). The van der Waals surface area contributed by atoms with Crippen molar-refractivity contribution in [1.82, 2.24) is 10.2 Å². The lowest BCUT2D eigenvalue weighted by Gasteiger charge is -2.09. The lowest BCUT2D eigenvalue weighted by atomic mass is 10.3. The van der Waals surface area contributed by atoms with E-state index in [1.54, 1.807) is 36.4 Å². The van der Waals surface area contributed by atoms with Gasteiger partial charge in [-0.3, -0.25) is 4.72 Å². The van der Waals surface area contributed by atoms with Gasteiger partial charge in [0.05, 0.1) is 4.90 Å². The molecule has 0 aliphatic heterocycles. The standard InChI is InChI=1S/C15H13BrN4O3S2/c16-10-1-3-11(4-2-10)20-25(21,22)13-7-5-12(6-8-13)23-9-14-18-19-15(17)24-14/h1-8,20H,9H2,(H2,17,19). The third-order valence-corrected chi connectivity index (χ3v) is 5.73. The van der Waals surface area contributed by atoms with Crippen molar-refractivity contribution in [2.75, 3.05) is 10.5 Å². The van der Waals surface area contributed by atoms with E-state index in [2.05, 4.69) is 30.8 Å². The molecule has 0 amide bonds. The summed E-state index contributed by atoms with van der Waals surface area (Å²) in [7, 11) is -3.66. The quantitative estimate of drug-likeness (QED) is 0.608. The summed E-state index contributed by atoms with van der Waals surface area (Å²) in [5.41, 5.74) is 5.98. The number of hydrogen-bond acceptors (Lipinski definition) is 7. The molecular weight excluding hydrogens is 428 g/mol. The molecule has 10 heteroatoms. The molecule has 0 aliphatic rings. The Balaban J connectivity index is 1.67. The fourth-order valence-corrected chi connectivity index (χ4v) is 3.76. The second kappa shape index (κ2) is 7.38. The molecule has 3 N–H and O–H groups in total. The zero-order valence-corrected chi connectivity index (χ0v) is 15.9. The number of halogens is 1. The minimum absolute atomic E-state index is 0.142. The predicted molar refractivity (Wildman–Crippen MR) is 100 cm³/mol. The Morgan fingerprint density at radius 2 is 1.76 bits per heavy atom. The van der Waals surface area contributed by atoms with Crippen molar-refractivity contribution in [3.8, 4) is 5.75 Å². The van der Waals surface area contributed by atoms with Crippen LogP contribution >= 0.6 is 27.3 Å². The van der Waals surface area contributed by atoms with Gasteiger partial charge >= 0.3 is 0 Å². The molecule has 3 aromatic rings. The van der Waals surface area contributed by atoms with E-state index in [0.29, 0.717) is 21.6 Å². The smallest absolute Gasteiger partial charge is 0.261 e. The maximum Gasteiger partial charge on any atom is 0.261 e. The average molecular weight is 441 g/mol. The van der Waals surface area contributed by atoms with Crippen molar-refractivity contribution < 1.29 is 13.2 Å². The van der Waals surface area contributed by atoms with Crippen molar-refractivity contribution >= 4 is 48.1 Å². The number of nitrogens with zero attached hydrogens (tertiary/aromatic N) is 2. The van der Waals surface area contributed by atoms with Gasteiger partial charge < -0.3 is 10.5 Å². The number of nitrogens with one attached hydrogen (secondary N) is 1. The molecule has 0 bridgehead atoms. The monoisotopic (exact) mass is 440 g/mol. The summed E-state index contributed by atoms with van der Waals surface area (Å²) in [6.45, 7) is 0.220. The molecule has 0 fully saturated rings. The van der Waals surface area contributed by atoms with Crippen LogP contribution in [0.1, 0.15) is 5.01 Å². The first-order valence-electron chi connectivity index (χ1n) is 7.01. The topological polar surface area (TPSA) is 107 Å². The van der Waals surface area contributed by atoms with Crippen LogP contribution in [-0.2, 0) is 16.6 Å². The number of benzene rings is 2. The van der Waals surface area contributed by atoms with E-state index in [-0.39, 0.29) is 11.5 Å². The molecule has 0 atom stereocenters. The van der Waals surface area contributed by atoms with Gasteiger partial charge in [-0.15, -0.1) is 10.2 Å². The Kier molecular flexibility index (Phi) is 5.21. The largest absolute Gasteiger partial charge is 0.486 e. The number of hydrogen-bond donors (Lipinski definition) is 2. The van der Waals surface area contributed by atoms with Crippen LogP contribution in [-0.4, -0.2) is 18.6 Å². The number of ether oxygens (including phenoxy) is 1. The molecule has 1 aromatic heterocycles. The molecule has 25 heavy (non-hydrogen) atoms.